The van der Waals surface area contributed by atoms with Crippen LogP contribution in [0.4, 0.5) is 10.5 Å². The molecule has 7 nitrogen and oxygen atoms in total. The summed E-state index contributed by atoms with van der Waals surface area (Å²) in [5.74, 6) is 0.371. The third-order valence-corrected chi connectivity index (χ3v) is 6.50. The third-order valence-electron chi connectivity index (χ3n) is 6.27. The summed E-state index contributed by atoms with van der Waals surface area (Å²) in [6.45, 7) is 8.87. The van der Waals surface area contributed by atoms with Crippen molar-refractivity contribution in [1.82, 2.24) is 9.88 Å². The van der Waals surface area contributed by atoms with Crippen LogP contribution in [0.1, 0.15) is 46.2 Å². The monoisotopic (exact) mass is 457 g/mol. The number of para-hydroxylation sites is 1. The minimum absolute atomic E-state index is 0.140. The van der Waals surface area contributed by atoms with E-state index in [2.05, 4.69) is 16.0 Å². The van der Waals surface area contributed by atoms with E-state index in [4.69, 9.17) is 25.8 Å². The maximum absolute atomic E-state index is 12.7. The van der Waals surface area contributed by atoms with Crippen LogP contribution in [0.5, 0.6) is 11.5 Å². The lowest BCUT2D eigenvalue weighted by Crippen LogP contribution is -2.66. The van der Waals surface area contributed by atoms with Gasteiger partial charge in [-0.1, -0.05) is 17.7 Å². The maximum atomic E-state index is 12.7. The quantitative estimate of drug-likeness (QED) is 0.634. The molecular weight excluding hydrogens is 430 g/mol. The number of amides is 1. The van der Waals surface area contributed by atoms with Gasteiger partial charge in [0.15, 0.2) is 11.5 Å². The molecule has 1 saturated carbocycles. The highest BCUT2D eigenvalue weighted by Crippen LogP contribution is 2.51. The van der Waals surface area contributed by atoms with E-state index in [1.54, 1.807) is 12.3 Å². The van der Waals surface area contributed by atoms with Crippen molar-refractivity contribution in [1.29, 1.82) is 0 Å². The second-order valence-electron chi connectivity index (χ2n) is 9.70. The number of fused-ring (bicyclic) bond motifs is 2. The van der Waals surface area contributed by atoms with Crippen molar-refractivity contribution >= 4 is 23.4 Å². The molecule has 0 spiro atoms. The summed E-state index contributed by atoms with van der Waals surface area (Å²) in [5, 5.41) is 0.562. The van der Waals surface area contributed by atoms with Crippen molar-refractivity contribution < 1.29 is 19.0 Å². The van der Waals surface area contributed by atoms with Crippen molar-refractivity contribution in [3.05, 3.63) is 47.2 Å². The Kier molecular flexibility index (Phi) is 4.93. The van der Waals surface area contributed by atoms with E-state index >= 15 is 0 Å². The molecule has 1 aromatic heterocycles. The largest absolute Gasteiger partial charge is 0.444 e. The van der Waals surface area contributed by atoms with Gasteiger partial charge in [-0.15, -0.1) is 0 Å². The molecule has 8 heteroatoms. The highest BCUT2D eigenvalue weighted by Gasteiger charge is 2.48. The van der Waals surface area contributed by atoms with Crippen LogP contribution < -0.4 is 14.4 Å². The first-order valence-corrected chi connectivity index (χ1v) is 11.4. The summed E-state index contributed by atoms with van der Waals surface area (Å²) >= 11 is 6.00. The second kappa shape index (κ2) is 7.44. The number of piperazine rings is 1. The molecule has 3 heterocycles. The number of hydrogen-bond acceptors (Lipinski definition) is 6. The number of halogens is 1. The van der Waals surface area contributed by atoms with Gasteiger partial charge in [0.05, 0.1) is 16.8 Å². The van der Waals surface area contributed by atoms with Crippen molar-refractivity contribution in [2.75, 3.05) is 18.0 Å². The summed E-state index contributed by atoms with van der Waals surface area (Å²) in [6, 6.07) is 9.91. The Labute approximate surface area is 193 Å². The summed E-state index contributed by atoms with van der Waals surface area (Å²) in [7, 11) is 0. The van der Waals surface area contributed by atoms with Gasteiger partial charge in [-0.2, -0.15) is 0 Å². The van der Waals surface area contributed by atoms with Gasteiger partial charge in [0.25, 0.3) is 5.79 Å². The Morgan fingerprint density at radius 2 is 1.94 bits per heavy atom. The zero-order valence-electron chi connectivity index (χ0n) is 18.8. The van der Waals surface area contributed by atoms with Gasteiger partial charge in [-0.05, 0) is 57.9 Å². The van der Waals surface area contributed by atoms with E-state index in [9.17, 15) is 4.79 Å². The number of carbonyl (C=O) groups is 1. The smallest absolute Gasteiger partial charge is 0.410 e. The van der Waals surface area contributed by atoms with Crippen LogP contribution >= 0.6 is 11.6 Å². The summed E-state index contributed by atoms with van der Waals surface area (Å²) < 4.78 is 18.2. The fraction of sp³-hybridized carbons (Fsp3) is 0.500. The maximum Gasteiger partial charge on any atom is 0.410 e. The third kappa shape index (κ3) is 3.62. The number of hydrogen-bond donors (Lipinski definition) is 0. The van der Waals surface area contributed by atoms with Gasteiger partial charge in [-0.25, -0.2) is 4.79 Å². The van der Waals surface area contributed by atoms with Crippen LogP contribution in [0, 0.1) is 0 Å². The van der Waals surface area contributed by atoms with Crippen molar-refractivity contribution in [3.63, 3.8) is 0 Å². The Morgan fingerprint density at radius 3 is 2.59 bits per heavy atom. The number of rotatable bonds is 2. The first kappa shape index (κ1) is 21.2. The lowest BCUT2D eigenvalue weighted by atomic mass is 9.81. The fourth-order valence-electron chi connectivity index (χ4n) is 4.67. The summed E-state index contributed by atoms with van der Waals surface area (Å²) in [5.41, 5.74) is 1.14. The Balaban J connectivity index is 1.38. The molecule has 0 N–H and O–H groups in total. The molecule has 1 amide bonds. The molecule has 3 atom stereocenters. The Morgan fingerprint density at radius 1 is 1.16 bits per heavy atom. The molecule has 2 aromatic rings. The van der Waals surface area contributed by atoms with Gasteiger partial charge >= 0.3 is 6.09 Å². The molecule has 2 aliphatic heterocycles. The lowest BCUT2D eigenvalue weighted by molar-refractivity contribution is -0.0716. The van der Waals surface area contributed by atoms with Crippen molar-refractivity contribution in [3.8, 4) is 11.5 Å². The van der Waals surface area contributed by atoms with Gasteiger partial charge in [-0.3, -0.25) is 4.98 Å². The second-order valence-corrected chi connectivity index (χ2v) is 10.1. The lowest BCUT2D eigenvalue weighted by Gasteiger charge is -2.54. The van der Waals surface area contributed by atoms with Crippen LogP contribution in [0.25, 0.3) is 0 Å². The van der Waals surface area contributed by atoms with Gasteiger partial charge in [0.1, 0.15) is 11.3 Å². The van der Waals surface area contributed by atoms with Crippen molar-refractivity contribution in [2.45, 2.75) is 64.0 Å². The molecule has 1 aromatic carbocycles. The Bertz CT molecular complexity index is 1040. The van der Waals surface area contributed by atoms with E-state index in [1.165, 1.54) is 0 Å². The highest BCUT2D eigenvalue weighted by molar-refractivity contribution is 6.30. The number of ether oxygens (including phenoxy) is 3. The standard InChI is InChI=1S/C24H28ClN3O4/c1-23(2,3)32-22(29)28-13-12-27(16-9-10-17(16)28)18-6-5-7-19-21(18)31-24(4,30-19)20-11-8-15(25)14-26-20/h5-8,11,14,16-17H,9-10,12-13H2,1-4H3/t16-,17-,24-/m1/s1. The topological polar surface area (TPSA) is 64.1 Å². The molecule has 0 radical (unpaired) electrons. The number of anilines is 1. The Hall–Kier alpha value is -2.67. The number of carbonyl (C=O) groups excluding carboxylic acids is 1. The first-order valence-electron chi connectivity index (χ1n) is 11.0. The number of aromatic nitrogens is 1. The SMILES string of the molecule is CC(C)(C)OC(=O)N1CCN(c2cccc3c2O[C@](C)(c2ccc(Cl)cn2)O3)[C@@H]2CC[C@H]21. The van der Waals surface area contributed by atoms with Gasteiger partial charge < -0.3 is 24.0 Å². The zero-order chi connectivity index (χ0) is 22.7. The first-order chi connectivity index (χ1) is 15.1. The molecule has 0 unspecified atom stereocenters. The average Bonchev–Trinajstić information content (AvgIpc) is 3.05. The molecule has 0 bridgehead atoms. The molecular formula is C24H28ClN3O4. The normalized spacial score (nSPS) is 26.4. The van der Waals surface area contributed by atoms with Crippen molar-refractivity contribution in [2.24, 2.45) is 0 Å². The summed E-state index contributed by atoms with van der Waals surface area (Å²) in [4.78, 5) is 21.4. The molecule has 3 aliphatic rings. The van der Waals surface area contributed by atoms with Gasteiger partial charge in [0, 0.05) is 32.3 Å². The van der Waals surface area contributed by atoms with Crippen LogP contribution in [0.3, 0.4) is 0 Å². The molecule has 5 rings (SSSR count). The van der Waals surface area contributed by atoms with Crippen LogP contribution in [0.2, 0.25) is 5.02 Å². The minimum atomic E-state index is -1.03. The molecule has 2 fully saturated rings. The van der Waals surface area contributed by atoms with E-state index in [0.29, 0.717) is 35.3 Å². The van der Waals surface area contributed by atoms with E-state index in [1.807, 2.05) is 50.8 Å². The zero-order valence-corrected chi connectivity index (χ0v) is 19.6. The number of benzene rings is 1. The van der Waals surface area contributed by atoms with Gasteiger partial charge in [0.2, 0.25) is 0 Å². The highest BCUT2D eigenvalue weighted by atomic mass is 35.5. The van der Waals surface area contributed by atoms with E-state index < -0.39 is 11.4 Å². The minimum Gasteiger partial charge on any atom is -0.444 e. The average molecular weight is 458 g/mol. The summed E-state index contributed by atoms with van der Waals surface area (Å²) in [6.07, 6.45) is 3.35. The predicted molar refractivity (Wildman–Crippen MR) is 121 cm³/mol. The number of pyridine rings is 1. The number of nitrogens with zero attached hydrogens (tertiary/aromatic N) is 3. The van der Waals surface area contributed by atoms with Crippen LogP contribution in [-0.2, 0) is 10.5 Å². The molecule has 1 aliphatic carbocycles. The van der Waals surface area contributed by atoms with E-state index in [0.717, 1.165) is 18.5 Å². The predicted octanol–water partition coefficient (Wildman–Crippen LogP) is 4.97. The molecule has 170 valence electrons. The van der Waals surface area contributed by atoms with E-state index in [-0.39, 0.29) is 18.2 Å². The van der Waals surface area contributed by atoms with Crippen LogP contribution in [-0.4, -0.2) is 46.8 Å². The van der Waals surface area contributed by atoms with Crippen LogP contribution in [0.15, 0.2) is 36.5 Å². The molecule has 1 saturated heterocycles. The fourth-order valence-corrected chi connectivity index (χ4v) is 4.78. The molecule has 32 heavy (non-hydrogen) atoms.